The fraction of sp³-hybridized carbons (Fsp3) is 0.235. The molecule has 0 radical (unpaired) electrons. The molecule has 1 aromatic heterocycles. The van der Waals surface area contributed by atoms with Gasteiger partial charge in [-0.25, -0.2) is 4.98 Å². The highest BCUT2D eigenvalue weighted by Crippen LogP contribution is 2.20. The molecule has 0 fully saturated rings. The van der Waals surface area contributed by atoms with Gasteiger partial charge in [-0.05, 0) is 47.4 Å². The van der Waals surface area contributed by atoms with Crippen molar-refractivity contribution in [2.45, 2.75) is 44.9 Å². The average Bonchev–Trinajstić information content (AvgIpc) is 3.05. The molecule has 3 amide bonds. The summed E-state index contributed by atoms with van der Waals surface area (Å²) in [6.07, 6.45) is 1.66. The minimum atomic E-state index is -1.04. The van der Waals surface area contributed by atoms with Crippen molar-refractivity contribution in [1.29, 1.82) is 0 Å². The van der Waals surface area contributed by atoms with Gasteiger partial charge in [0.15, 0.2) is 0 Å². The van der Waals surface area contributed by atoms with Gasteiger partial charge in [-0.15, -0.1) is 0 Å². The van der Waals surface area contributed by atoms with Crippen LogP contribution in [0.25, 0.3) is 0 Å². The number of hydrogen-bond donors (Lipinski definition) is 4. The van der Waals surface area contributed by atoms with Gasteiger partial charge in [0.1, 0.15) is 23.0 Å². The number of benzene rings is 3. The van der Waals surface area contributed by atoms with Gasteiger partial charge in [0.2, 0.25) is 11.8 Å². The van der Waals surface area contributed by atoms with Crippen molar-refractivity contribution in [2.24, 2.45) is 5.73 Å². The molecule has 0 aliphatic rings. The number of pyridine rings is 1. The molecule has 0 spiro atoms. The predicted octanol–water partition coefficient (Wildman–Crippen LogP) is 4.63. The summed E-state index contributed by atoms with van der Waals surface area (Å²) < 4.78 is 5.53. The topological polar surface area (TPSA) is 135 Å². The maximum Gasteiger partial charge on any atom is 0.253 e. The highest BCUT2D eigenvalue weighted by atomic mass is 35.5. The van der Waals surface area contributed by atoms with Crippen molar-refractivity contribution in [2.75, 3.05) is 6.61 Å². The summed E-state index contributed by atoms with van der Waals surface area (Å²) in [4.78, 5) is 44.5. The summed E-state index contributed by atoms with van der Waals surface area (Å²) in [6, 6.07) is 23.6. The van der Waals surface area contributed by atoms with E-state index in [0.29, 0.717) is 18.9 Å². The Labute approximate surface area is 272 Å². The van der Waals surface area contributed by atoms with Gasteiger partial charge < -0.3 is 26.4 Å². The standard InChI is InChI=1S/C34H35Cl2N5O4/c1-2-45-27-14-12-23(13-15-27)17-30(40-32(42)26-18-28(35)31(36)38-21-26)34(44)41-29(16-22-6-4-3-5-7-22)33(43)39-20-25-10-8-24(19-37)9-11-25/h3-15,18,21,29-30H,2,16-17,19-20,37H2,1H3,(H,39,43)(H,40,42)(H,41,44)/t29-,30+/m0/s1. The van der Waals surface area contributed by atoms with Crippen LogP contribution < -0.4 is 26.4 Å². The average molecular weight is 649 g/mol. The van der Waals surface area contributed by atoms with Crippen LogP contribution in [0.1, 0.15) is 39.5 Å². The zero-order chi connectivity index (χ0) is 32.2. The van der Waals surface area contributed by atoms with Crippen LogP contribution in [-0.4, -0.2) is 41.4 Å². The summed E-state index contributed by atoms with van der Waals surface area (Å²) in [5, 5.41) is 8.75. The normalized spacial score (nSPS) is 12.1. The quantitative estimate of drug-likeness (QED) is 0.147. The second-order valence-electron chi connectivity index (χ2n) is 10.3. The Morgan fingerprint density at radius 3 is 2.02 bits per heavy atom. The van der Waals surface area contributed by atoms with Gasteiger partial charge in [-0.1, -0.05) is 89.9 Å². The van der Waals surface area contributed by atoms with Crippen molar-refractivity contribution in [3.63, 3.8) is 0 Å². The third-order valence-electron chi connectivity index (χ3n) is 7.00. The Morgan fingerprint density at radius 1 is 0.800 bits per heavy atom. The lowest BCUT2D eigenvalue weighted by atomic mass is 10.0. The van der Waals surface area contributed by atoms with Crippen LogP contribution in [0.3, 0.4) is 0 Å². The molecule has 5 N–H and O–H groups in total. The second kappa shape index (κ2) is 16.6. The monoisotopic (exact) mass is 647 g/mol. The molecule has 11 heteroatoms. The molecule has 9 nitrogen and oxygen atoms in total. The summed E-state index contributed by atoms with van der Waals surface area (Å²) >= 11 is 12.0. The minimum Gasteiger partial charge on any atom is -0.494 e. The van der Waals surface area contributed by atoms with E-state index < -0.39 is 23.9 Å². The molecule has 3 aromatic carbocycles. The fourth-order valence-corrected chi connectivity index (χ4v) is 4.83. The highest BCUT2D eigenvalue weighted by molar-refractivity contribution is 6.41. The molecule has 1 heterocycles. The van der Waals surface area contributed by atoms with Gasteiger partial charge in [0.05, 0.1) is 17.2 Å². The fourth-order valence-electron chi connectivity index (χ4n) is 4.56. The van der Waals surface area contributed by atoms with Gasteiger partial charge >= 0.3 is 0 Å². The van der Waals surface area contributed by atoms with Crippen molar-refractivity contribution >= 4 is 40.9 Å². The molecule has 234 valence electrons. The van der Waals surface area contributed by atoms with E-state index in [1.54, 1.807) is 12.1 Å². The summed E-state index contributed by atoms with van der Waals surface area (Å²) in [7, 11) is 0. The Bertz CT molecular complexity index is 1580. The highest BCUT2D eigenvalue weighted by Gasteiger charge is 2.28. The molecule has 0 aliphatic carbocycles. The molecule has 0 unspecified atom stereocenters. The zero-order valence-corrected chi connectivity index (χ0v) is 26.3. The zero-order valence-electron chi connectivity index (χ0n) is 24.8. The number of amides is 3. The smallest absolute Gasteiger partial charge is 0.253 e. The number of nitrogens with zero attached hydrogens (tertiary/aromatic N) is 1. The molecule has 0 saturated heterocycles. The van der Waals surface area contributed by atoms with E-state index in [2.05, 4.69) is 20.9 Å². The van der Waals surface area contributed by atoms with E-state index in [1.807, 2.05) is 73.7 Å². The van der Waals surface area contributed by atoms with Crippen LogP contribution in [0.2, 0.25) is 10.2 Å². The van der Waals surface area contributed by atoms with E-state index in [1.165, 1.54) is 12.3 Å². The lowest BCUT2D eigenvalue weighted by Crippen LogP contribution is -2.55. The number of nitrogens with one attached hydrogen (secondary N) is 3. The summed E-state index contributed by atoms with van der Waals surface area (Å²) in [5.41, 5.74) is 9.33. The number of aromatic nitrogens is 1. The number of halogens is 2. The largest absolute Gasteiger partial charge is 0.494 e. The van der Waals surface area contributed by atoms with Crippen LogP contribution in [0.15, 0.2) is 91.1 Å². The van der Waals surface area contributed by atoms with Gasteiger partial charge in [-0.3, -0.25) is 14.4 Å². The summed E-state index contributed by atoms with van der Waals surface area (Å²) in [5.74, 6) is -0.786. The third-order valence-corrected chi connectivity index (χ3v) is 7.68. The first-order valence-electron chi connectivity index (χ1n) is 14.5. The lowest BCUT2D eigenvalue weighted by Gasteiger charge is -2.24. The number of nitrogens with two attached hydrogens (primary N) is 1. The Kier molecular flexibility index (Phi) is 12.3. The molecule has 0 saturated carbocycles. The van der Waals surface area contributed by atoms with Gasteiger partial charge in [-0.2, -0.15) is 0 Å². The lowest BCUT2D eigenvalue weighted by molar-refractivity contribution is -0.130. The number of hydrogen-bond acceptors (Lipinski definition) is 6. The molecule has 0 bridgehead atoms. The number of carbonyl (C=O) groups is 3. The van der Waals surface area contributed by atoms with E-state index in [-0.39, 0.29) is 41.0 Å². The first-order chi connectivity index (χ1) is 21.7. The molecule has 4 rings (SSSR count). The van der Waals surface area contributed by atoms with Crippen LogP contribution in [-0.2, 0) is 35.5 Å². The molecular formula is C34H35Cl2N5O4. The molecule has 45 heavy (non-hydrogen) atoms. The number of rotatable bonds is 14. The Morgan fingerprint density at radius 2 is 1.40 bits per heavy atom. The van der Waals surface area contributed by atoms with Crippen molar-refractivity contribution in [3.8, 4) is 5.75 Å². The van der Waals surface area contributed by atoms with E-state index in [9.17, 15) is 14.4 Å². The van der Waals surface area contributed by atoms with Crippen LogP contribution >= 0.6 is 23.2 Å². The number of carbonyl (C=O) groups excluding carboxylic acids is 3. The third kappa shape index (κ3) is 10.0. The predicted molar refractivity (Wildman–Crippen MR) is 175 cm³/mol. The maximum absolute atomic E-state index is 13.8. The van der Waals surface area contributed by atoms with Gasteiger partial charge in [0, 0.05) is 32.1 Å². The maximum atomic E-state index is 13.8. The molecule has 0 aliphatic heterocycles. The van der Waals surface area contributed by atoms with E-state index in [0.717, 1.165) is 22.3 Å². The number of ether oxygens (including phenoxy) is 1. The molecular weight excluding hydrogens is 613 g/mol. The van der Waals surface area contributed by atoms with Crippen LogP contribution in [0.4, 0.5) is 0 Å². The minimum absolute atomic E-state index is 0.0574. The first-order valence-corrected chi connectivity index (χ1v) is 15.2. The van der Waals surface area contributed by atoms with Crippen LogP contribution in [0.5, 0.6) is 5.75 Å². The second-order valence-corrected chi connectivity index (χ2v) is 11.1. The Hall–Kier alpha value is -4.44. The molecule has 2 atom stereocenters. The molecule has 4 aromatic rings. The summed E-state index contributed by atoms with van der Waals surface area (Å²) in [6.45, 7) is 3.10. The SMILES string of the molecule is CCOc1ccc(C[C@@H](NC(=O)c2cnc(Cl)c(Cl)c2)C(=O)N[C@@H](Cc2ccccc2)C(=O)NCc2ccc(CN)cc2)cc1. The van der Waals surface area contributed by atoms with Crippen LogP contribution in [0, 0.1) is 0 Å². The van der Waals surface area contributed by atoms with Crippen molar-refractivity contribution in [1.82, 2.24) is 20.9 Å². The van der Waals surface area contributed by atoms with E-state index in [4.69, 9.17) is 33.7 Å². The van der Waals surface area contributed by atoms with E-state index >= 15 is 0 Å². The van der Waals surface area contributed by atoms with Crippen molar-refractivity contribution < 1.29 is 19.1 Å². The van der Waals surface area contributed by atoms with Gasteiger partial charge in [0.25, 0.3) is 5.91 Å². The van der Waals surface area contributed by atoms with Crippen molar-refractivity contribution in [3.05, 3.63) is 129 Å². The Balaban J connectivity index is 1.55. The first kappa shape index (κ1) is 33.5.